The molecule has 0 bridgehead atoms. The van der Waals surface area contributed by atoms with E-state index in [1.807, 2.05) is 6.08 Å². The van der Waals surface area contributed by atoms with Crippen LogP contribution in [-0.2, 0) is 4.74 Å². The number of aliphatic imine (C=N–C) groups is 1. The number of nitrogens with zero attached hydrogens (tertiary/aromatic N) is 2. The summed E-state index contributed by atoms with van der Waals surface area (Å²) < 4.78 is 5.18. The first-order valence-electron chi connectivity index (χ1n) is 5.69. The number of carbonyl (C=O) groups excluding carboxylic acids is 1. The maximum absolute atomic E-state index is 11.7. The summed E-state index contributed by atoms with van der Waals surface area (Å²) in [4.78, 5) is 18.5. The van der Waals surface area contributed by atoms with Gasteiger partial charge in [0.25, 0.3) is 0 Å². The zero-order valence-corrected chi connectivity index (χ0v) is 10.9. The molecule has 0 aromatic heterocycles. The fraction of sp³-hybridized carbons (Fsp3) is 0.500. The number of allylic oxidation sites excluding steroid dienone is 2. The van der Waals surface area contributed by atoms with E-state index in [9.17, 15) is 4.79 Å². The minimum Gasteiger partial charge on any atom is -0.449 e. The third-order valence-corrected chi connectivity index (χ3v) is 3.37. The zero-order valence-electron chi connectivity index (χ0n) is 10.0. The van der Waals surface area contributed by atoms with Crippen molar-refractivity contribution < 1.29 is 9.53 Å². The molecule has 2 aliphatic rings. The lowest BCUT2D eigenvalue weighted by atomic mass is 10.1. The van der Waals surface area contributed by atoms with Crippen LogP contribution in [-0.4, -0.2) is 29.2 Å². The van der Waals surface area contributed by atoms with E-state index in [1.165, 1.54) is 4.90 Å². The second-order valence-corrected chi connectivity index (χ2v) is 5.32. The van der Waals surface area contributed by atoms with Crippen molar-refractivity contribution in [3.63, 3.8) is 0 Å². The summed E-state index contributed by atoms with van der Waals surface area (Å²) in [6, 6.07) is 0. The molecule has 0 saturated heterocycles. The number of carbonyl (C=O) groups is 1. The van der Waals surface area contributed by atoms with Gasteiger partial charge in [-0.3, -0.25) is 9.89 Å². The van der Waals surface area contributed by atoms with E-state index in [4.69, 9.17) is 4.74 Å². The van der Waals surface area contributed by atoms with Gasteiger partial charge in [-0.05, 0) is 18.4 Å². The van der Waals surface area contributed by atoms with E-state index in [1.54, 1.807) is 24.2 Å². The Balaban J connectivity index is 1.87. The van der Waals surface area contributed by atoms with E-state index in [0.29, 0.717) is 12.5 Å². The lowest BCUT2D eigenvalue weighted by molar-refractivity contribution is 0.122. The van der Waals surface area contributed by atoms with Crippen LogP contribution >= 0.6 is 11.8 Å². The molecule has 4 nitrogen and oxygen atoms in total. The largest absolute Gasteiger partial charge is 0.449 e. The van der Waals surface area contributed by atoms with Crippen molar-refractivity contribution in [2.24, 2.45) is 10.9 Å². The molecule has 0 spiro atoms. The molecule has 2 heterocycles. The maximum atomic E-state index is 11.7. The monoisotopic (exact) mass is 252 g/mol. The van der Waals surface area contributed by atoms with Crippen LogP contribution in [0.3, 0.4) is 0 Å². The van der Waals surface area contributed by atoms with Crippen LogP contribution < -0.4 is 0 Å². The van der Waals surface area contributed by atoms with E-state index in [2.05, 4.69) is 18.8 Å². The van der Waals surface area contributed by atoms with Crippen LogP contribution in [0, 0.1) is 5.92 Å². The smallest absolute Gasteiger partial charge is 0.417 e. The Labute approximate surface area is 105 Å². The highest BCUT2D eigenvalue weighted by Gasteiger charge is 2.20. The van der Waals surface area contributed by atoms with Gasteiger partial charge in [0.05, 0.1) is 23.1 Å². The van der Waals surface area contributed by atoms with Gasteiger partial charge in [0.15, 0.2) is 0 Å². The van der Waals surface area contributed by atoms with Crippen molar-refractivity contribution in [1.82, 2.24) is 4.90 Å². The molecular formula is C12H16N2O2S. The van der Waals surface area contributed by atoms with Gasteiger partial charge in [-0.15, -0.1) is 0 Å². The molecular weight excluding hydrogens is 236 g/mol. The molecule has 0 aromatic carbocycles. The summed E-state index contributed by atoms with van der Waals surface area (Å²) in [6.07, 6.45) is 5.90. The fourth-order valence-corrected chi connectivity index (χ4v) is 2.26. The summed E-state index contributed by atoms with van der Waals surface area (Å²) in [5.74, 6) is 1.28. The minimum atomic E-state index is -0.319. The molecule has 0 aromatic rings. The van der Waals surface area contributed by atoms with Crippen LogP contribution in [0.2, 0.25) is 0 Å². The third kappa shape index (κ3) is 3.12. The molecule has 92 valence electrons. The molecule has 0 radical (unpaired) electrons. The normalized spacial score (nSPS) is 17.9. The second-order valence-electron chi connectivity index (χ2n) is 4.33. The molecule has 1 amide bonds. The summed E-state index contributed by atoms with van der Waals surface area (Å²) in [6.45, 7) is 4.68. The molecule has 0 aliphatic carbocycles. The Morgan fingerprint density at radius 2 is 2.47 bits per heavy atom. The quantitative estimate of drug-likeness (QED) is 0.775. The first-order chi connectivity index (χ1) is 8.16. The Morgan fingerprint density at radius 1 is 1.65 bits per heavy atom. The van der Waals surface area contributed by atoms with Crippen molar-refractivity contribution in [2.75, 3.05) is 12.5 Å². The van der Waals surface area contributed by atoms with Crippen LogP contribution in [0.25, 0.3) is 0 Å². The molecule has 0 atom stereocenters. The summed E-state index contributed by atoms with van der Waals surface area (Å²) in [7, 11) is 0. The van der Waals surface area contributed by atoms with E-state index in [-0.39, 0.29) is 6.09 Å². The predicted molar refractivity (Wildman–Crippen MR) is 69.8 cm³/mol. The van der Waals surface area contributed by atoms with Gasteiger partial charge in [-0.2, -0.15) is 0 Å². The van der Waals surface area contributed by atoms with Crippen molar-refractivity contribution in [3.8, 4) is 0 Å². The lowest BCUT2D eigenvalue weighted by Gasteiger charge is -2.18. The number of thioether (sulfide) groups is 1. The second kappa shape index (κ2) is 5.40. The first-order valence-corrected chi connectivity index (χ1v) is 6.68. The molecule has 0 fully saturated rings. The van der Waals surface area contributed by atoms with Gasteiger partial charge in [-0.1, -0.05) is 25.6 Å². The highest BCUT2D eigenvalue weighted by atomic mass is 32.2. The number of rotatable bonds is 3. The third-order valence-electron chi connectivity index (χ3n) is 2.49. The van der Waals surface area contributed by atoms with Crippen molar-refractivity contribution in [2.45, 2.75) is 20.3 Å². The number of amides is 1. The van der Waals surface area contributed by atoms with E-state index < -0.39 is 0 Å². The number of hydrogen-bond acceptors (Lipinski definition) is 4. The standard InChI is InChI=1S/C12H16N2O2S/c1-9(2)4-6-16-12(15)14-5-3-10-11(7-14)17-8-13-10/h3,5,7,9H,4,6,8H2,1-2H3. The summed E-state index contributed by atoms with van der Waals surface area (Å²) in [5, 5.41) is 0. The van der Waals surface area contributed by atoms with Crippen LogP contribution in [0.4, 0.5) is 4.79 Å². The maximum Gasteiger partial charge on any atom is 0.417 e. The number of hydrogen-bond donors (Lipinski definition) is 0. The average Bonchev–Trinajstić information content (AvgIpc) is 2.75. The summed E-state index contributed by atoms with van der Waals surface area (Å²) in [5.41, 5.74) is 0.959. The van der Waals surface area contributed by atoms with Gasteiger partial charge in [0, 0.05) is 12.4 Å². The topological polar surface area (TPSA) is 41.9 Å². The molecule has 0 N–H and O–H groups in total. The lowest BCUT2D eigenvalue weighted by Crippen LogP contribution is -2.25. The van der Waals surface area contributed by atoms with Gasteiger partial charge < -0.3 is 4.74 Å². The van der Waals surface area contributed by atoms with Crippen LogP contribution in [0.1, 0.15) is 20.3 Å². The van der Waals surface area contributed by atoms with E-state index in [0.717, 1.165) is 22.9 Å². The fourth-order valence-electron chi connectivity index (χ4n) is 1.45. The van der Waals surface area contributed by atoms with Crippen molar-refractivity contribution >= 4 is 23.6 Å². The molecule has 0 unspecified atom stereocenters. The molecule has 0 saturated carbocycles. The van der Waals surface area contributed by atoms with Gasteiger partial charge in [0.2, 0.25) is 0 Å². The average molecular weight is 252 g/mol. The molecule has 17 heavy (non-hydrogen) atoms. The predicted octanol–water partition coefficient (Wildman–Crippen LogP) is 2.99. The van der Waals surface area contributed by atoms with Crippen molar-refractivity contribution in [1.29, 1.82) is 0 Å². The Kier molecular flexibility index (Phi) is 3.89. The highest BCUT2D eigenvalue weighted by molar-refractivity contribution is 8.04. The molecule has 5 heteroatoms. The Morgan fingerprint density at radius 3 is 3.24 bits per heavy atom. The number of fused-ring (bicyclic) bond motifs is 1. The highest BCUT2D eigenvalue weighted by Crippen LogP contribution is 2.28. The summed E-state index contributed by atoms with van der Waals surface area (Å²) >= 11 is 1.63. The zero-order chi connectivity index (χ0) is 12.3. The van der Waals surface area contributed by atoms with Crippen LogP contribution in [0.5, 0.6) is 0 Å². The Hall–Kier alpha value is -1.23. The SMILES string of the molecule is CC(C)CCOC(=O)N1C=CC2=NCSC2=C1. The van der Waals surface area contributed by atoms with Gasteiger partial charge in [0.1, 0.15) is 0 Å². The van der Waals surface area contributed by atoms with Crippen molar-refractivity contribution in [3.05, 3.63) is 23.4 Å². The molecule has 2 aliphatic heterocycles. The Bertz CT molecular complexity index is 399. The number of ether oxygens (including phenoxy) is 1. The molecule has 2 rings (SSSR count). The van der Waals surface area contributed by atoms with E-state index >= 15 is 0 Å². The van der Waals surface area contributed by atoms with Gasteiger partial charge >= 0.3 is 6.09 Å². The van der Waals surface area contributed by atoms with Crippen LogP contribution in [0.15, 0.2) is 28.4 Å². The first kappa shape index (κ1) is 12.2. The minimum absolute atomic E-state index is 0.319. The van der Waals surface area contributed by atoms with Gasteiger partial charge in [-0.25, -0.2) is 4.79 Å².